The van der Waals surface area contributed by atoms with Crippen LogP contribution < -0.4 is 0 Å². The lowest BCUT2D eigenvalue weighted by atomic mass is 10.1. The van der Waals surface area contributed by atoms with Gasteiger partial charge in [-0.1, -0.05) is 39.7 Å². The predicted molar refractivity (Wildman–Crippen MR) is 136 cm³/mol. The van der Waals surface area contributed by atoms with E-state index in [2.05, 4.69) is 15.9 Å². The molecular formula is C26H17BrClFN2OS. The standard InChI is InChI=1S/C26H17BrClFN2OS/c1-15-21(13-25-30-23(14-33-25)16-4-8-19(28)9-5-16)22-12-20(29)10-11-24(22)31(15)26(32)17-2-6-18(27)7-3-17/h2-12,14H,13H2,1H3. The van der Waals surface area contributed by atoms with Crippen LogP contribution in [0.2, 0.25) is 5.02 Å². The SMILES string of the molecule is Cc1c(Cc2nc(-c3ccc(Cl)cc3)cs2)c2cc(F)ccc2n1C(=O)c1ccc(Br)cc1. The van der Waals surface area contributed by atoms with Gasteiger partial charge in [0.25, 0.3) is 5.91 Å². The van der Waals surface area contributed by atoms with Crippen LogP contribution in [0.25, 0.3) is 22.2 Å². The molecule has 0 unspecified atom stereocenters. The van der Waals surface area contributed by atoms with E-state index in [1.807, 2.05) is 48.7 Å². The Morgan fingerprint density at radius 2 is 1.82 bits per heavy atom. The number of carbonyl (C=O) groups excluding carboxylic acids is 1. The van der Waals surface area contributed by atoms with Crippen LogP contribution in [-0.4, -0.2) is 15.5 Å². The van der Waals surface area contributed by atoms with E-state index >= 15 is 0 Å². The van der Waals surface area contributed by atoms with Crippen molar-refractivity contribution in [3.63, 3.8) is 0 Å². The summed E-state index contributed by atoms with van der Waals surface area (Å²) in [6.07, 6.45) is 0.505. The van der Waals surface area contributed by atoms with Crippen LogP contribution in [0.4, 0.5) is 4.39 Å². The Morgan fingerprint density at radius 3 is 2.55 bits per heavy atom. The van der Waals surface area contributed by atoms with Crippen molar-refractivity contribution < 1.29 is 9.18 Å². The number of rotatable bonds is 4. The summed E-state index contributed by atoms with van der Waals surface area (Å²) in [6.45, 7) is 1.90. The Kier molecular flexibility index (Phi) is 5.91. The van der Waals surface area contributed by atoms with Gasteiger partial charge in [-0.3, -0.25) is 9.36 Å². The molecule has 0 radical (unpaired) electrons. The van der Waals surface area contributed by atoms with Crippen molar-refractivity contribution in [2.45, 2.75) is 13.3 Å². The zero-order valence-electron chi connectivity index (χ0n) is 17.5. The fraction of sp³-hybridized carbons (Fsp3) is 0.0769. The molecule has 3 nitrogen and oxygen atoms in total. The van der Waals surface area contributed by atoms with Gasteiger partial charge in [0.15, 0.2) is 0 Å². The fourth-order valence-corrected chi connectivity index (χ4v) is 5.16. The summed E-state index contributed by atoms with van der Waals surface area (Å²) in [7, 11) is 0. The van der Waals surface area contributed by atoms with Crippen molar-refractivity contribution in [1.82, 2.24) is 9.55 Å². The molecule has 0 atom stereocenters. The minimum Gasteiger partial charge on any atom is -0.280 e. The Hall–Kier alpha value is -2.80. The van der Waals surface area contributed by atoms with Crippen molar-refractivity contribution in [3.8, 4) is 11.3 Å². The number of carbonyl (C=O) groups is 1. The first kappa shape index (κ1) is 22.0. The first-order chi connectivity index (χ1) is 15.9. The summed E-state index contributed by atoms with van der Waals surface area (Å²) in [5.74, 6) is -0.484. The number of hydrogen-bond donors (Lipinski definition) is 0. The first-order valence-electron chi connectivity index (χ1n) is 10.2. The zero-order valence-corrected chi connectivity index (χ0v) is 20.6. The molecule has 0 saturated carbocycles. The summed E-state index contributed by atoms with van der Waals surface area (Å²) in [6, 6.07) is 19.3. The highest BCUT2D eigenvalue weighted by Gasteiger charge is 2.21. The number of nitrogens with zero attached hydrogens (tertiary/aromatic N) is 2. The highest BCUT2D eigenvalue weighted by Crippen LogP contribution is 2.32. The normalized spacial score (nSPS) is 11.3. The van der Waals surface area contributed by atoms with Gasteiger partial charge in [0.05, 0.1) is 16.2 Å². The summed E-state index contributed by atoms with van der Waals surface area (Å²) < 4.78 is 16.8. The lowest BCUT2D eigenvalue weighted by molar-refractivity contribution is 0.0963. The van der Waals surface area contributed by atoms with Gasteiger partial charge in [-0.2, -0.15) is 0 Å². The van der Waals surface area contributed by atoms with Crippen molar-refractivity contribution >= 4 is 55.7 Å². The van der Waals surface area contributed by atoms with Crippen LogP contribution in [0.3, 0.4) is 0 Å². The summed E-state index contributed by atoms with van der Waals surface area (Å²) in [4.78, 5) is 18.2. The summed E-state index contributed by atoms with van der Waals surface area (Å²) >= 11 is 10.9. The predicted octanol–water partition coefficient (Wildman–Crippen LogP) is 7.91. The molecule has 0 saturated heterocycles. The first-order valence-corrected chi connectivity index (χ1v) is 12.3. The number of benzene rings is 3. The number of aromatic nitrogens is 2. The Bertz CT molecular complexity index is 1490. The highest BCUT2D eigenvalue weighted by molar-refractivity contribution is 9.10. The second-order valence-electron chi connectivity index (χ2n) is 7.68. The largest absolute Gasteiger partial charge is 0.280 e. The van der Waals surface area contributed by atoms with E-state index in [1.165, 1.54) is 12.1 Å². The molecule has 164 valence electrons. The average molecular weight is 540 g/mol. The fourth-order valence-electron chi connectivity index (χ4n) is 3.96. The number of halogens is 3. The van der Waals surface area contributed by atoms with Crippen LogP contribution >= 0.6 is 38.9 Å². The Morgan fingerprint density at radius 1 is 1.09 bits per heavy atom. The minimum atomic E-state index is -0.335. The molecule has 5 rings (SSSR count). The maximum absolute atomic E-state index is 14.2. The summed E-state index contributed by atoms with van der Waals surface area (Å²) in [5.41, 5.74) is 4.78. The topological polar surface area (TPSA) is 34.9 Å². The second kappa shape index (κ2) is 8.86. The van der Waals surface area contributed by atoms with Gasteiger partial charge in [0.1, 0.15) is 5.82 Å². The van der Waals surface area contributed by atoms with Crippen LogP contribution in [0, 0.1) is 12.7 Å². The third-order valence-corrected chi connectivity index (χ3v) is 7.24. The lowest BCUT2D eigenvalue weighted by Crippen LogP contribution is -2.13. The van der Waals surface area contributed by atoms with Gasteiger partial charge in [-0.15, -0.1) is 11.3 Å². The molecule has 0 fully saturated rings. The van der Waals surface area contributed by atoms with Gasteiger partial charge in [-0.05, 0) is 67.1 Å². The van der Waals surface area contributed by atoms with E-state index in [-0.39, 0.29) is 11.7 Å². The molecule has 0 bridgehead atoms. The molecule has 0 aliphatic heterocycles. The quantitative estimate of drug-likeness (QED) is 0.233. The average Bonchev–Trinajstić information content (AvgIpc) is 3.37. The molecule has 7 heteroatoms. The summed E-state index contributed by atoms with van der Waals surface area (Å²) in [5, 5.41) is 4.29. The van der Waals surface area contributed by atoms with Gasteiger partial charge in [-0.25, -0.2) is 9.37 Å². The van der Waals surface area contributed by atoms with E-state index in [0.717, 1.165) is 37.4 Å². The van der Waals surface area contributed by atoms with Crippen molar-refractivity contribution in [3.05, 3.63) is 109 Å². The smallest absolute Gasteiger partial charge is 0.262 e. The highest BCUT2D eigenvalue weighted by atomic mass is 79.9. The molecular weight excluding hydrogens is 523 g/mol. The molecule has 2 heterocycles. The van der Waals surface area contributed by atoms with Crippen LogP contribution in [0.1, 0.15) is 26.6 Å². The third kappa shape index (κ3) is 4.26. The lowest BCUT2D eigenvalue weighted by Gasteiger charge is -2.08. The number of hydrogen-bond acceptors (Lipinski definition) is 3. The van der Waals surface area contributed by atoms with Crippen molar-refractivity contribution in [2.24, 2.45) is 0 Å². The molecule has 5 aromatic rings. The third-order valence-electron chi connectivity index (χ3n) is 5.61. The monoisotopic (exact) mass is 538 g/mol. The maximum atomic E-state index is 14.2. The van der Waals surface area contributed by atoms with E-state index < -0.39 is 0 Å². The van der Waals surface area contributed by atoms with Crippen molar-refractivity contribution in [2.75, 3.05) is 0 Å². The molecule has 0 N–H and O–H groups in total. The number of thiazole rings is 1. The van der Waals surface area contributed by atoms with E-state index in [0.29, 0.717) is 22.5 Å². The van der Waals surface area contributed by atoms with Crippen molar-refractivity contribution in [1.29, 1.82) is 0 Å². The van der Waals surface area contributed by atoms with Gasteiger partial charge < -0.3 is 0 Å². The molecule has 0 amide bonds. The Labute approximate surface area is 207 Å². The molecule has 0 spiro atoms. The van der Waals surface area contributed by atoms with Gasteiger partial charge >= 0.3 is 0 Å². The maximum Gasteiger partial charge on any atom is 0.262 e. The van der Waals surface area contributed by atoms with Crippen LogP contribution in [-0.2, 0) is 6.42 Å². The van der Waals surface area contributed by atoms with E-state index in [4.69, 9.17) is 16.6 Å². The van der Waals surface area contributed by atoms with E-state index in [9.17, 15) is 9.18 Å². The van der Waals surface area contributed by atoms with Gasteiger partial charge in [0.2, 0.25) is 0 Å². The van der Waals surface area contributed by atoms with Crippen LogP contribution in [0.5, 0.6) is 0 Å². The molecule has 0 aliphatic carbocycles. The van der Waals surface area contributed by atoms with Gasteiger partial charge in [0, 0.05) is 43.5 Å². The molecule has 2 aromatic heterocycles. The molecule has 3 aromatic carbocycles. The number of fused-ring (bicyclic) bond motifs is 1. The van der Waals surface area contributed by atoms with E-state index in [1.54, 1.807) is 34.1 Å². The molecule has 0 aliphatic rings. The minimum absolute atomic E-state index is 0.149. The zero-order chi connectivity index (χ0) is 23.1. The molecule has 33 heavy (non-hydrogen) atoms. The van der Waals surface area contributed by atoms with Crippen LogP contribution in [0.15, 0.2) is 76.6 Å². The second-order valence-corrected chi connectivity index (χ2v) is 9.98. The Balaban J connectivity index is 1.57.